The van der Waals surface area contributed by atoms with Crippen molar-refractivity contribution in [2.75, 3.05) is 32.1 Å². The van der Waals surface area contributed by atoms with Crippen LogP contribution in [0.3, 0.4) is 0 Å². The number of anilines is 1. The first-order valence-electron chi connectivity index (χ1n) is 9.52. The highest BCUT2D eigenvalue weighted by atomic mass is 32.2. The van der Waals surface area contributed by atoms with Gasteiger partial charge in [0.25, 0.3) is 15.6 Å². The summed E-state index contributed by atoms with van der Waals surface area (Å²) in [6.07, 6.45) is 0. The Morgan fingerprint density at radius 2 is 1.85 bits per heavy atom. The lowest BCUT2D eigenvalue weighted by Gasteiger charge is -2.15. The van der Waals surface area contributed by atoms with Crippen molar-refractivity contribution in [3.05, 3.63) is 46.4 Å². The third kappa shape index (κ3) is 7.30. The number of aromatic nitrogens is 1. The molecule has 0 fully saturated rings. The number of sulfonamides is 1. The average Bonchev–Trinajstić information content (AvgIpc) is 2.77. The Hall–Kier alpha value is -3.94. The summed E-state index contributed by atoms with van der Waals surface area (Å²) in [5.41, 5.74) is 9.73. The number of aryl methyl sites for hydroxylation is 1. The zero-order valence-electron chi connectivity index (χ0n) is 18.3. The summed E-state index contributed by atoms with van der Waals surface area (Å²) in [4.78, 5) is 29.6. The molecule has 0 aliphatic carbocycles. The molecule has 0 saturated carbocycles. The molecule has 6 N–H and O–H groups in total. The predicted molar refractivity (Wildman–Crippen MR) is 127 cm³/mol. The third-order valence-corrected chi connectivity index (χ3v) is 5.67. The number of nitrogens with two attached hydrogens (primary N) is 2. The predicted octanol–water partition coefficient (Wildman–Crippen LogP) is -0.0680. The van der Waals surface area contributed by atoms with Gasteiger partial charge in [-0.15, -0.1) is 0 Å². The number of nitrogens with zero attached hydrogens (tertiary/aromatic N) is 2. The standard InChI is InChI=1S/C19H26N6O7S.CH4/c1-12-4-6-14(18(27)25(12)11-17(26)22-8-9-32-23-19(20)21)24-33(28,29)16-10-13(30-2)5-7-15(16)31-3;/h4-7,10,24H,8-9,11H2,1-3H3,(H,22,26)(H4,20,21,23);1H4. The number of hydrogen-bond acceptors (Lipinski definition) is 8. The van der Waals surface area contributed by atoms with Crippen molar-refractivity contribution in [3.63, 3.8) is 0 Å². The van der Waals surface area contributed by atoms with Crippen molar-refractivity contribution in [3.8, 4) is 11.5 Å². The maximum atomic E-state index is 13.0. The van der Waals surface area contributed by atoms with Crippen LogP contribution in [0.15, 0.2) is 45.2 Å². The Morgan fingerprint density at radius 3 is 2.47 bits per heavy atom. The van der Waals surface area contributed by atoms with E-state index in [0.29, 0.717) is 5.69 Å². The van der Waals surface area contributed by atoms with Crippen molar-refractivity contribution >= 4 is 27.6 Å². The van der Waals surface area contributed by atoms with Gasteiger partial charge >= 0.3 is 0 Å². The van der Waals surface area contributed by atoms with Crippen molar-refractivity contribution in [2.45, 2.75) is 25.8 Å². The van der Waals surface area contributed by atoms with Crippen LogP contribution < -0.4 is 36.5 Å². The Bertz CT molecular complexity index is 1190. The van der Waals surface area contributed by atoms with Crippen LogP contribution in [0.5, 0.6) is 11.5 Å². The van der Waals surface area contributed by atoms with Crippen LogP contribution in [-0.2, 0) is 26.2 Å². The van der Waals surface area contributed by atoms with Gasteiger partial charge in [0, 0.05) is 11.8 Å². The van der Waals surface area contributed by atoms with Gasteiger partial charge in [0.15, 0.2) is 0 Å². The molecule has 0 atom stereocenters. The summed E-state index contributed by atoms with van der Waals surface area (Å²) in [7, 11) is -1.50. The minimum atomic E-state index is -4.22. The molecule has 0 unspecified atom stereocenters. The number of ether oxygens (including phenoxy) is 2. The van der Waals surface area contributed by atoms with E-state index in [9.17, 15) is 18.0 Å². The van der Waals surface area contributed by atoms with Gasteiger partial charge in [0.2, 0.25) is 11.9 Å². The number of amides is 1. The minimum Gasteiger partial charge on any atom is -0.497 e. The smallest absolute Gasteiger partial charge is 0.275 e. The van der Waals surface area contributed by atoms with Gasteiger partial charge in [-0.1, -0.05) is 7.43 Å². The van der Waals surface area contributed by atoms with Gasteiger partial charge in [0.05, 0.1) is 20.8 Å². The van der Waals surface area contributed by atoms with Gasteiger partial charge in [-0.3, -0.25) is 14.3 Å². The molecule has 1 aromatic carbocycles. The quantitative estimate of drug-likeness (QED) is 0.142. The Morgan fingerprint density at radius 1 is 1.15 bits per heavy atom. The van der Waals surface area contributed by atoms with E-state index in [1.807, 2.05) is 0 Å². The second kappa shape index (κ2) is 12.3. The topological polar surface area (TPSA) is 189 Å². The van der Waals surface area contributed by atoms with E-state index < -0.39 is 21.5 Å². The maximum Gasteiger partial charge on any atom is 0.275 e. The molecule has 14 heteroatoms. The highest BCUT2D eigenvalue weighted by Crippen LogP contribution is 2.29. The molecule has 0 bridgehead atoms. The number of pyridine rings is 1. The molecule has 1 aromatic heterocycles. The number of oxime groups is 1. The van der Waals surface area contributed by atoms with Crippen molar-refractivity contribution in [1.29, 1.82) is 0 Å². The highest BCUT2D eigenvalue weighted by molar-refractivity contribution is 7.92. The Balaban J connectivity index is 0.00000578. The van der Waals surface area contributed by atoms with E-state index >= 15 is 0 Å². The fraction of sp³-hybridized carbons (Fsp3) is 0.350. The normalized spacial score (nSPS) is 10.4. The van der Waals surface area contributed by atoms with E-state index in [0.717, 1.165) is 4.57 Å². The monoisotopic (exact) mass is 498 g/mol. The number of rotatable bonds is 11. The molecule has 1 amide bonds. The minimum absolute atomic E-state index is 0. The lowest BCUT2D eigenvalue weighted by molar-refractivity contribution is -0.122. The van der Waals surface area contributed by atoms with Crippen molar-refractivity contribution in [2.24, 2.45) is 16.6 Å². The zero-order valence-corrected chi connectivity index (χ0v) is 19.1. The number of benzene rings is 1. The molecular weight excluding hydrogens is 468 g/mol. The largest absolute Gasteiger partial charge is 0.497 e. The number of carbonyl (C=O) groups is 1. The summed E-state index contributed by atoms with van der Waals surface area (Å²) in [5, 5.41) is 5.85. The van der Waals surface area contributed by atoms with E-state index in [4.69, 9.17) is 25.8 Å². The van der Waals surface area contributed by atoms with E-state index in [1.165, 1.54) is 44.6 Å². The number of nitrogens with one attached hydrogen (secondary N) is 2. The fourth-order valence-corrected chi connectivity index (χ4v) is 3.94. The van der Waals surface area contributed by atoms with Crippen LogP contribution in [0.1, 0.15) is 13.1 Å². The second-order valence-corrected chi connectivity index (χ2v) is 8.25. The van der Waals surface area contributed by atoms with Crippen LogP contribution in [-0.4, -0.2) is 52.2 Å². The fourth-order valence-electron chi connectivity index (χ4n) is 2.69. The molecule has 0 aliphatic rings. The summed E-state index contributed by atoms with van der Waals surface area (Å²) < 4.78 is 39.5. The van der Waals surface area contributed by atoms with E-state index in [-0.39, 0.29) is 55.2 Å². The van der Waals surface area contributed by atoms with Crippen LogP contribution >= 0.6 is 0 Å². The van der Waals surface area contributed by atoms with Crippen LogP contribution in [0.2, 0.25) is 0 Å². The molecule has 0 spiro atoms. The molecule has 13 nitrogen and oxygen atoms in total. The maximum absolute atomic E-state index is 13.0. The molecule has 2 aromatic rings. The lowest BCUT2D eigenvalue weighted by Crippen LogP contribution is -2.36. The zero-order chi connectivity index (χ0) is 24.6. The lowest BCUT2D eigenvalue weighted by atomic mass is 10.3. The van der Waals surface area contributed by atoms with Gasteiger partial charge in [-0.2, -0.15) is 0 Å². The Labute approximate surface area is 197 Å². The molecular formula is C20H30N6O7S. The molecule has 188 valence electrons. The summed E-state index contributed by atoms with van der Waals surface area (Å²) in [5.74, 6) is -0.395. The first kappa shape index (κ1) is 28.1. The second-order valence-electron chi connectivity index (χ2n) is 6.60. The van der Waals surface area contributed by atoms with Gasteiger partial charge in [-0.05, 0) is 36.3 Å². The number of hydrogen-bond donors (Lipinski definition) is 4. The van der Waals surface area contributed by atoms with Gasteiger partial charge in [-0.25, -0.2) is 8.42 Å². The van der Waals surface area contributed by atoms with E-state index in [2.05, 4.69) is 15.2 Å². The molecule has 34 heavy (non-hydrogen) atoms. The van der Waals surface area contributed by atoms with Gasteiger partial charge < -0.3 is 35.7 Å². The molecule has 2 rings (SSSR count). The van der Waals surface area contributed by atoms with Crippen LogP contribution in [0, 0.1) is 6.92 Å². The number of methoxy groups -OCH3 is 2. The highest BCUT2D eigenvalue weighted by Gasteiger charge is 2.23. The SMILES string of the molecule is C.COc1ccc(OC)c(S(=O)(=O)Nc2ccc(C)n(CC(=O)NCCON=C(N)N)c2=O)c1. The Kier molecular flexibility index (Phi) is 10.2. The van der Waals surface area contributed by atoms with E-state index in [1.54, 1.807) is 6.92 Å². The van der Waals surface area contributed by atoms with Crippen LogP contribution in [0.4, 0.5) is 5.69 Å². The number of carbonyl (C=O) groups excluding carboxylic acids is 1. The average molecular weight is 499 g/mol. The van der Waals surface area contributed by atoms with Crippen molar-refractivity contribution in [1.82, 2.24) is 9.88 Å². The molecule has 1 heterocycles. The third-order valence-electron chi connectivity index (χ3n) is 4.28. The summed E-state index contributed by atoms with van der Waals surface area (Å²) >= 11 is 0. The summed E-state index contributed by atoms with van der Waals surface area (Å²) in [6, 6.07) is 7.07. The first-order chi connectivity index (χ1) is 15.6. The van der Waals surface area contributed by atoms with Crippen LogP contribution in [0.25, 0.3) is 0 Å². The van der Waals surface area contributed by atoms with Crippen molar-refractivity contribution < 1.29 is 27.5 Å². The molecule has 0 saturated heterocycles. The first-order valence-corrected chi connectivity index (χ1v) is 11.0. The molecule has 0 aliphatic heterocycles. The van der Waals surface area contributed by atoms with Gasteiger partial charge in [0.1, 0.15) is 35.2 Å². The number of guanidine groups is 1. The summed E-state index contributed by atoms with van der Waals surface area (Å²) in [6.45, 7) is 1.37. The molecule has 0 radical (unpaired) electrons.